The molecule has 0 atom stereocenters. The fraction of sp³-hybridized carbons (Fsp3) is 0.250. The van der Waals surface area contributed by atoms with Gasteiger partial charge < -0.3 is 15.7 Å². The van der Waals surface area contributed by atoms with E-state index in [4.69, 9.17) is 10.8 Å². The van der Waals surface area contributed by atoms with Crippen LogP contribution in [0.3, 0.4) is 0 Å². The van der Waals surface area contributed by atoms with Gasteiger partial charge in [0.05, 0.1) is 17.4 Å². The first-order valence-corrected chi connectivity index (χ1v) is 5.65. The molecule has 0 saturated heterocycles. The Morgan fingerprint density at radius 3 is 2.89 bits per heavy atom. The van der Waals surface area contributed by atoms with Crippen LogP contribution in [0.25, 0.3) is 0 Å². The lowest BCUT2D eigenvalue weighted by atomic mass is 10.2. The Labute approximate surface area is 110 Å². The number of carbonyl (C=O) groups is 1. The first-order valence-electron chi connectivity index (χ1n) is 5.65. The molecule has 0 aliphatic carbocycles. The Morgan fingerprint density at radius 2 is 2.32 bits per heavy atom. The Bertz CT molecular complexity index is 608. The minimum absolute atomic E-state index is 0.0584. The van der Waals surface area contributed by atoms with Gasteiger partial charge in [-0.3, -0.25) is 4.68 Å². The van der Waals surface area contributed by atoms with Gasteiger partial charge in [0.2, 0.25) is 0 Å². The van der Waals surface area contributed by atoms with Gasteiger partial charge in [-0.05, 0) is 6.07 Å². The molecule has 2 rings (SSSR count). The van der Waals surface area contributed by atoms with Gasteiger partial charge in [0, 0.05) is 38.6 Å². The molecule has 0 aromatic carbocycles. The van der Waals surface area contributed by atoms with Gasteiger partial charge >= 0.3 is 5.97 Å². The van der Waals surface area contributed by atoms with Crippen molar-refractivity contribution >= 4 is 17.5 Å². The number of nitrogens with zero attached hydrogens (tertiary/aromatic N) is 4. The monoisotopic (exact) mass is 261 g/mol. The highest BCUT2D eigenvalue weighted by molar-refractivity contribution is 5.96. The van der Waals surface area contributed by atoms with Crippen LogP contribution in [0.1, 0.15) is 15.9 Å². The second-order valence-electron chi connectivity index (χ2n) is 4.28. The average molecular weight is 261 g/mol. The highest BCUT2D eigenvalue weighted by atomic mass is 16.4. The van der Waals surface area contributed by atoms with Crippen LogP contribution in [0.2, 0.25) is 0 Å². The van der Waals surface area contributed by atoms with Crippen LogP contribution in [0.15, 0.2) is 24.7 Å². The topological polar surface area (TPSA) is 97.3 Å². The smallest absolute Gasteiger partial charge is 0.337 e. The minimum atomic E-state index is -1.06. The van der Waals surface area contributed by atoms with Crippen LogP contribution in [0, 0.1) is 0 Å². The van der Waals surface area contributed by atoms with Crippen molar-refractivity contribution in [3.8, 4) is 0 Å². The molecule has 0 aliphatic rings. The van der Waals surface area contributed by atoms with Crippen molar-refractivity contribution in [3.05, 3.63) is 35.8 Å². The molecule has 2 heterocycles. The van der Waals surface area contributed by atoms with Crippen LogP contribution in [0.4, 0.5) is 11.5 Å². The van der Waals surface area contributed by atoms with Crippen LogP contribution in [0.5, 0.6) is 0 Å². The maximum absolute atomic E-state index is 11.0. The molecule has 100 valence electrons. The van der Waals surface area contributed by atoms with E-state index in [0.29, 0.717) is 12.4 Å². The Morgan fingerprint density at radius 1 is 1.58 bits per heavy atom. The summed E-state index contributed by atoms with van der Waals surface area (Å²) in [6.07, 6.45) is 5.07. The maximum atomic E-state index is 11.0. The molecular weight excluding hydrogens is 246 g/mol. The van der Waals surface area contributed by atoms with E-state index in [1.54, 1.807) is 22.8 Å². The number of carboxylic acid groups (broad SMARTS) is 1. The number of aryl methyl sites for hydroxylation is 1. The third-order valence-corrected chi connectivity index (χ3v) is 2.74. The molecule has 7 heteroatoms. The second-order valence-corrected chi connectivity index (χ2v) is 4.28. The van der Waals surface area contributed by atoms with Gasteiger partial charge in [0.1, 0.15) is 0 Å². The summed E-state index contributed by atoms with van der Waals surface area (Å²) in [6, 6.07) is 1.39. The molecule has 2 aromatic rings. The second kappa shape index (κ2) is 4.97. The Balaban J connectivity index is 2.26. The van der Waals surface area contributed by atoms with E-state index >= 15 is 0 Å². The summed E-state index contributed by atoms with van der Waals surface area (Å²) in [5, 5.41) is 13.1. The zero-order valence-corrected chi connectivity index (χ0v) is 10.7. The van der Waals surface area contributed by atoms with Gasteiger partial charge in [-0.25, -0.2) is 9.78 Å². The quantitative estimate of drug-likeness (QED) is 0.842. The molecule has 3 N–H and O–H groups in total. The summed E-state index contributed by atoms with van der Waals surface area (Å²) in [5.74, 6) is -0.611. The number of nitrogens with two attached hydrogens (primary N) is 1. The molecule has 0 amide bonds. The highest BCUT2D eigenvalue weighted by Crippen LogP contribution is 2.24. The van der Waals surface area contributed by atoms with Gasteiger partial charge in [0.15, 0.2) is 5.82 Å². The third-order valence-electron chi connectivity index (χ3n) is 2.74. The van der Waals surface area contributed by atoms with E-state index in [0.717, 1.165) is 5.56 Å². The predicted molar refractivity (Wildman–Crippen MR) is 70.9 cm³/mol. The summed E-state index contributed by atoms with van der Waals surface area (Å²) in [6.45, 7) is 0.550. The van der Waals surface area contributed by atoms with Crippen LogP contribution < -0.4 is 10.6 Å². The maximum Gasteiger partial charge on any atom is 0.337 e. The summed E-state index contributed by atoms with van der Waals surface area (Å²) in [7, 11) is 3.64. The van der Waals surface area contributed by atoms with E-state index in [1.807, 2.05) is 13.2 Å². The number of pyridine rings is 1. The minimum Gasteiger partial charge on any atom is -0.478 e. The molecule has 0 bridgehead atoms. The van der Waals surface area contributed by atoms with E-state index < -0.39 is 5.97 Å². The summed E-state index contributed by atoms with van der Waals surface area (Å²) < 4.78 is 1.70. The van der Waals surface area contributed by atoms with E-state index in [2.05, 4.69) is 10.1 Å². The molecule has 0 radical (unpaired) electrons. The number of carboxylic acids is 1. The standard InChI is InChI=1S/C12H15N5O2/c1-16(6-8-5-15-17(2)7-8)11-10(13)9(12(18)19)3-4-14-11/h3-5,7H,6,13H2,1-2H3,(H,18,19). The normalized spacial score (nSPS) is 10.4. The number of hydrogen-bond acceptors (Lipinski definition) is 5. The molecule has 7 nitrogen and oxygen atoms in total. The lowest BCUT2D eigenvalue weighted by molar-refractivity contribution is 0.0698. The lowest BCUT2D eigenvalue weighted by Gasteiger charge is -2.19. The first-order chi connectivity index (χ1) is 8.99. The number of hydrogen-bond donors (Lipinski definition) is 2. The van der Waals surface area contributed by atoms with Crippen molar-refractivity contribution in [2.45, 2.75) is 6.54 Å². The fourth-order valence-corrected chi connectivity index (χ4v) is 1.86. The molecule has 0 saturated carbocycles. The van der Waals surface area contributed by atoms with Crippen molar-refractivity contribution < 1.29 is 9.90 Å². The SMILES string of the molecule is CN(Cc1cnn(C)c1)c1nccc(C(=O)O)c1N. The van der Waals surface area contributed by atoms with Gasteiger partial charge in [-0.1, -0.05) is 0 Å². The zero-order valence-electron chi connectivity index (χ0n) is 10.7. The van der Waals surface area contributed by atoms with E-state index in [9.17, 15) is 4.79 Å². The van der Waals surface area contributed by atoms with Crippen molar-refractivity contribution in [3.63, 3.8) is 0 Å². The summed E-state index contributed by atoms with van der Waals surface area (Å²) in [4.78, 5) is 16.9. The average Bonchev–Trinajstić information content (AvgIpc) is 2.74. The van der Waals surface area contributed by atoms with E-state index in [-0.39, 0.29) is 11.3 Å². The van der Waals surface area contributed by atoms with Crippen LogP contribution >= 0.6 is 0 Å². The van der Waals surface area contributed by atoms with Crippen molar-refractivity contribution in [2.75, 3.05) is 17.7 Å². The molecular formula is C12H15N5O2. The van der Waals surface area contributed by atoms with Gasteiger partial charge in [-0.2, -0.15) is 5.10 Å². The van der Waals surface area contributed by atoms with E-state index in [1.165, 1.54) is 12.3 Å². The van der Waals surface area contributed by atoms with Crippen molar-refractivity contribution in [1.82, 2.24) is 14.8 Å². The number of nitrogen functional groups attached to an aromatic ring is 1. The molecule has 0 spiro atoms. The van der Waals surface area contributed by atoms with Gasteiger partial charge in [0.25, 0.3) is 0 Å². The number of aromatic nitrogens is 3. The summed E-state index contributed by atoms with van der Waals surface area (Å²) >= 11 is 0. The number of rotatable bonds is 4. The molecule has 0 fully saturated rings. The van der Waals surface area contributed by atoms with Gasteiger partial charge in [-0.15, -0.1) is 0 Å². The number of anilines is 2. The molecule has 0 unspecified atom stereocenters. The highest BCUT2D eigenvalue weighted by Gasteiger charge is 2.15. The third kappa shape index (κ3) is 2.65. The first kappa shape index (κ1) is 12.9. The van der Waals surface area contributed by atoms with Crippen LogP contribution in [-0.4, -0.2) is 32.9 Å². The number of aromatic carboxylic acids is 1. The molecule has 2 aromatic heterocycles. The Kier molecular flexibility index (Phi) is 3.37. The zero-order chi connectivity index (χ0) is 14.0. The molecule has 0 aliphatic heterocycles. The lowest BCUT2D eigenvalue weighted by Crippen LogP contribution is -2.20. The van der Waals surface area contributed by atoms with Crippen LogP contribution in [-0.2, 0) is 13.6 Å². The summed E-state index contributed by atoms with van der Waals surface area (Å²) in [5.41, 5.74) is 7.06. The predicted octanol–water partition coefficient (Wildman–Crippen LogP) is 0.732. The molecule has 19 heavy (non-hydrogen) atoms. The Hall–Kier alpha value is -2.57. The fourth-order valence-electron chi connectivity index (χ4n) is 1.86. The largest absolute Gasteiger partial charge is 0.478 e. The van der Waals surface area contributed by atoms with Crippen molar-refractivity contribution in [2.24, 2.45) is 7.05 Å². The van der Waals surface area contributed by atoms with Crippen molar-refractivity contribution in [1.29, 1.82) is 0 Å².